The number of rotatable bonds is 3. The maximum absolute atomic E-state index is 6.09. The van der Waals surface area contributed by atoms with E-state index in [0.29, 0.717) is 0 Å². The van der Waals surface area contributed by atoms with Crippen LogP contribution < -0.4 is 0 Å². The van der Waals surface area contributed by atoms with Gasteiger partial charge in [0.25, 0.3) is 0 Å². The molecular formula is C39H24N2O. The first-order chi connectivity index (χ1) is 20.8. The summed E-state index contributed by atoms with van der Waals surface area (Å²) >= 11 is 0. The van der Waals surface area contributed by atoms with E-state index < -0.39 is 0 Å². The van der Waals surface area contributed by atoms with Crippen LogP contribution in [0.5, 0.6) is 0 Å². The summed E-state index contributed by atoms with van der Waals surface area (Å²) in [5.74, 6) is 0. The van der Waals surface area contributed by atoms with E-state index in [0.717, 1.165) is 27.6 Å². The van der Waals surface area contributed by atoms with Crippen molar-refractivity contribution < 1.29 is 4.42 Å². The first kappa shape index (κ1) is 23.1. The summed E-state index contributed by atoms with van der Waals surface area (Å²) in [5, 5.41) is 7.23. The first-order valence-electron chi connectivity index (χ1n) is 14.2. The van der Waals surface area contributed by atoms with E-state index in [-0.39, 0.29) is 0 Å². The molecule has 0 N–H and O–H groups in total. The van der Waals surface area contributed by atoms with Crippen molar-refractivity contribution in [1.82, 2.24) is 9.55 Å². The summed E-state index contributed by atoms with van der Waals surface area (Å²) in [4.78, 5) is 4.28. The van der Waals surface area contributed by atoms with Crippen molar-refractivity contribution in [2.24, 2.45) is 0 Å². The maximum atomic E-state index is 6.09. The van der Waals surface area contributed by atoms with Crippen molar-refractivity contribution >= 4 is 54.5 Å². The van der Waals surface area contributed by atoms with E-state index in [1.54, 1.807) is 0 Å². The summed E-state index contributed by atoms with van der Waals surface area (Å²) in [6, 6.07) is 47.8. The molecule has 0 aliphatic heterocycles. The van der Waals surface area contributed by atoms with E-state index in [2.05, 4.69) is 131 Å². The minimum absolute atomic E-state index is 0.913. The number of para-hydroxylation sites is 1. The molecule has 42 heavy (non-hydrogen) atoms. The average Bonchev–Trinajstić information content (AvgIpc) is 3.59. The van der Waals surface area contributed by atoms with Gasteiger partial charge in [0.15, 0.2) is 0 Å². The number of benzene rings is 6. The Bertz CT molecular complexity index is 2470. The number of hydrogen-bond donors (Lipinski definition) is 0. The molecule has 0 spiro atoms. The molecule has 9 aromatic rings. The Labute approximate surface area is 241 Å². The van der Waals surface area contributed by atoms with Crippen molar-refractivity contribution in [3.63, 3.8) is 0 Å². The van der Waals surface area contributed by atoms with Gasteiger partial charge in [0, 0.05) is 39.6 Å². The average molecular weight is 537 g/mol. The third-order valence-corrected chi connectivity index (χ3v) is 8.48. The molecule has 0 fully saturated rings. The molecule has 0 aliphatic carbocycles. The van der Waals surface area contributed by atoms with Crippen molar-refractivity contribution in [2.45, 2.75) is 0 Å². The Morgan fingerprint density at radius 3 is 2.00 bits per heavy atom. The summed E-state index contributed by atoms with van der Waals surface area (Å²) < 4.78 is 8.44. The van der Waals surface area contributed by atoms with Gasteiger partial charge in [-0.3, -0.25) is 4.98 Å². The van der Waals surface area contributed by atoms with Gasteiger partial charge in [-0.25, -0.2) is 0 Å². The summed E-state index contributed by atoms with van der Waals surface area (Å²) in [6.45, 7) is 0. The molecule has 0 saturated heterocycles. The number of aromatic nitrogens is 2. The van der Waals surface area contributed by atoms with Gasteiger partial charge in [0.2, 0.25) is 0 Å². The summed E-state index contributed by atoms with van der Waals surface area (Å²) in [6.07, 6.45) is 3.72. The summed E-state index contributed by atoms with van der Waals surface area (Å²) in [5.41, 5.74) is 10.0. The van der Waals surface area contributed by atoms with Crippen LogP contribution in [0.2, 0.25) is 0 Å². The third-order valence-electron chi connectivity index (χ3n) is 8.48. The molecule has 9 rings (SSSR count). The second-order valence-corrected chi connectivity index (χ2v) is 10.9. The molecule has 0 unspecified atom stereocenters. The molecule has 0 bridgehead atoms. The Morgan fingerprint density at radius 1 is 0.429 bits per heavy atom. The van der Waals surface area contributed by atoms with Crippen LogP contribution in [-0.4, -0.2) is 9.55 Å². The Kier molecular flexibility index (Phi) is 4.90. The third kappa shape index (κ3) is 3.50. The lowest BCUT2D eigenvalue weighted by atomic mass is 9.99. The molecule has 3 heteroatoms. The van der Waals surface area contributed by atoms with E-state index in [9.17, 15) is 0 Å². The lowest BCUT2D eigenvalue weighted by Gasteiger charge is -2.09. The number of nitrogens with zero attached hydrogens (tertiary/aromatic N) is 2. The highest BCUT2D eigenvalue weighted by atomic mass is 16.3. The molecule has 0 saturated carbocycles. The first-order valence-corrected chi connectivity index (χ1v) is 14.2. The SMILES string of the molecule is c1ccc2cc(-c3ccc4c5cc(-c6ccc7oc8ccccc8c7c6)ccc5n(-c5ccncc5)c4c3)ccc2c1. The van der Waals surface area contributed by atoms with Gasteiger partial charge in [0.05, 0.1) is 11.0 Å². The van der Waals surface area contributed by atoms with Gasteiger partial charge < -0.3 is 8.98 Å². The fraction of sp³-hybridized carbons (Fsp3) is 0. The highest BCUT2D eigenvalue weighted by molar-refractivity contribution is 6.12. The second-order valence-electron chi connectivity index (χ2n) is 10.9. The molecule has 0 amide bonds. The van der Waals surface area contributed by atoms with Gasteiger partial charge >= 0.3 is 0 Å². The van der Waals surface area contributed by atoms with Crippen LogP contribution in [-0.2, 0) is 0 Å². The highest BCUT2D eigenvalue weighted by Crippen LogP contribution is 2.38. The van der Waals surface area contributed by atoms with Gasteiger partial charge in [-0.15, -0.1) is 0 Å². The Hall–Kier alpha value is -5.67. The van der Waals surface area contributed by atoms with Crippen molar-refractivity contribution in [3.8, 4) is 27.9 Å². The normalized spacial score (nSPS) is 11.8. The minimum atomic E-state index is 0.913. The molecule has 0 radical (unpaired) electrons. The molecule has 3 heterocycles. The predicted molar refractivity (Wildman–Crippen MR) is 174 cm³/mol. The predicted octanol–water partition coefficient (Wildman–Crippen LogP) is 10.6. The van der Waals surface area contributed by atoms with E-state index in [1.165, 1.54) is 54.8 Å². The lowest BCUT2D eigenvalue weighted by Crippen LogP contribution is -1.94. The second kappa shape index (κ2) is 8.92. The van der Waals surface area contributed by atoms with Gasteiger partial charge in [-0.2, -0.15) is 0 Å². The lowest BCUT2D eigenvalue weighted by molar-refractivity contribution is 0.669. The zero-order valence-corrected chi connectivity index (χ0v) is 22.7. The number of furan rings is 1. The summed E-state index contributed by atoms with van der Waals surface area (Å²) in [7, 11) is 0. The Balaban J connectivity index is 1.26. The van der Waals surface area contributed by atoms with E-state index in [1.807, 2.05) is 24.5 Å². The highest BCUT2D eigenvalue weighted by Gasteiger charge is 2.15. The molecule has 3 nitrogen and oxygen atoms in total. The fourth-order valence-corrected chi connectivity index (χ4v) is 6.43. The molecule has 6 aromatic carbocycles. The van der Waals surface area contributed by atoms with Gasteiger partial charge in [0.1, 0.15) is 11.2 Å². The zero-order chi connectivity index (χ0) is 27.6. The molecule has 3 aromatic heterocycles. The van der Waals surface area contributed by atoms with E-state index in [4.69, 9.17) is 4.42 Å². The molecular weight excluding hydrogens is 512 g/mol. The molecule has 0 atom stereocenters. The van der Waals surface area contributed by atoms with Crippen LogP contribution in [0.15, 0.2) is 150 Å². The number of pyridine rings is 1. The van der Waals surface area contributed by atoms with Crippen LogP contribution in [0, 0.1) is 0 Å². The van der Waals surface area contributed by atoms with Gasteiger partial charge in [-0.1, -0.05) is 78.9 Å². The van der Waals surface area contributed by atoms with E-state index >= 15 is 0 Å². The molecule has 196 valence electrons. The minimum Gasteiger partial charge on any atom is -0.456 e. The Morgan fingerprint density at radius 2 is 1.10 bits per heavy atom. The van der Waals surface area contributed by atoms with Crippen molar-refractivity contribution in [3.05, 3.63) is 146 Å². The number of hydrogen-bond acceptors (Lipinski definition) is 2. The van der Waals surface area contributed by atoms with Crippen LogP contribution >= 0.6 is 0 Å². The topological polar surface area (TPSA) is 31.0 Å². The largest absolute Gasteiger partial charge is 0.456 e. The van der Waals surface area contributed by atoms with Crippen LogP contribution in [0.1, 0.15) is 0 Å². The number of fused-ring (bicyclic) bond motifs is 7. The van der Waals surface area contributed by atoms with Crippen LogP contribution in [0.3, 0.4) is 0 Å². The maximum Gasteiger partial charge on any atom is 0.135 e. The smallest absolute Gasteiger partial charge is 0.135 e. The fourth-order valence-electron chi connectivity index (χ4n) is 6.43. The molecule has 0 aliphatic rings. The standard InChI is InChI=1S/C39H24N2O/c1-2-6-26-21-27(10-9-25(26)5-1)30-11-14-32-34-22-28(12-15-36(34)41(37(32)24-30)31-17-19-40-20-18-31)29-13-16-39-35(23-29)33-7-3-4-8-38(33)42-39/h1-24H. The van der Waals surface area contributed by atoms with Gasteiger partial charge in [-0.05, 0) is 87.6 Å². The quantitative estimate of drug-likeness (QED) is 0.225. The van der Waals surface area contributed by atoms with Crippen molar-refractivity contribution in [2.75, 3.05) is 0 Å². The van der Waals surface area contributed by atoms with Crippen molar-refractivity contribution in [1.29, 1.82) is 0 Å². The zero-order valence-electron chi connectivity index (χ0n) is 22.7. The van der Waals surface area contributed by atoms with Crippen LogP contribution in [0.4, 0.5) is 0 Å². The monoisotopic (exact) mass is 536 g/mol. The van der Waals surface area contributed by atoms with Crippen LogP contribution in [0.25, 0.3) is 82.5 Å².